The third-order valence-corrected chi connectivity index (χ3v) is 2.94. The van der Waals surface area contributed by atoms with E-state index in [-0.39, 0.29) is 5.82 Å². The largest absolute Gasteiger partial charge is 0.463 e. The van der Waals surface area contributed by atoms with Crippen LogP contribution in [0.5, 0.6) is 0 Å². The third-order valence-electron chi connectivity index (χ3n) is 2.94. The fourth-order valence-corrected chi connectivity index (χ4v) is 1.85. The normalized spacial score (nSPS) is 16.3. The van der Waals surface area contributed by atoms with Crippen molar-refractivity contribution in [3.05, 3.63) is 18.1 Å². The van der Waals surface area contributed by atoms with Gasteiger partial charge in [-0.2, -0.15) is 0 Å². The summed E-state index contributed by atoms with van der Waals surface area (Å²) in [4.78, 5) is 19.2. The molecule has 0 amide bonds. The molecule has 1 N–H and O–H groups in total. The lowest BCUT2D eigenvalue weighted by molar-refractivity contribution is 0.0587. The Labute approximate surface area is 106 Å². The van der Waals surface area contributed by atoms with Crippen molar-refractivity contribution in [2.45, 2.75) is 12.8 Å². The van der Waals surface area contributed by atoms with Gasteiger partial charge in [0.25, 0.3) is 0 Å². The van der Waals surface area contributed by atoms with Crippen LogP contribution in [0.1, 0.15) is 23.5 Å². The van der Waals surface area contributed by atoms with Crippen molar-refractivity contribution in [1.82, 2.24) is 9.97 Å². The van der Waals surface area contributed by atoms with Gasteiger partial charge in [-0.25, -0.2) is 14.8 Å². The lowest BCUT2D eigenvalue weighted by Crippen LogP contribution is -2.23. The van der Waals surface area contributed by atoms with Crippen molar-refractivity contribution in [2.75, 3.05) is 32.2 Å². The number of hydrogen-bond donors (Lipinski definition) is 1. The number of carbonyl (C=O) groups excluding carboxylic acids is 1. The molecule has 98 valence electrons. The zero-order chi connectivity index (χ0) is 12.8. The van der Waals surface area contributed by atoms with Gasteiger partial charge in [0.15, 0.2) is 0 Å². The van der Waals surface area contributed by atoms with Crippen molar-refractivity contribution >= 4 is 11.8 Å². The highest BCUT2D eigenvalue weighted by molar-refractivity contribution is 5.85. The number of hydrogen-bond acceptors (Lipinski definition) is 6. The second-order valence-electron chi connectivity index (χ2n) is 4.19. The standard InChI is InChI=1S/C12H17N3O3/c1-17-12(16)11-13-5-2-10(15-11)14-8-9-3-6-18-7-4-9/h2,5,9H,3-4,6-8H2,1H3,(H,13,14,15). The number of esters is 1. The van der Waals surface area contributed by atoms with E-state index < -0.39 is 5.97 Å². The molecule has 0 radical (unpaired) electrons. The Kier molecular flexibility index (Phi) is 4.46. The highest BCUT2D eigenvalue weighted by Crippen LogP contribution is 2.15. The van der Waals surface area contributed by atoms with Crippen LogP contribution in [0, 0.1) is 5.92 Å². The Morgan fingerprint density at radius 2 is 2.33 bits per heavy atom. The Bertz CT molecular complexity index is 405. The molecule has 2 heterocycles. The molecule has 0 aromatic carbocycles. The summed E-state index contributed by atoms with van der Waals surface area (Å²) in [6.45, 7) is 2.48. The molecule has 6 nitrogen and oxygen atoms in total. The van der Waals surface area contributed by atoms with Crippen LogP contribution in [0.4, 0.5) is 5.82 Å². The number of aromatic nitrogens is 2. The summed E-state index contributed by atoms with van der Waals surface area (Å²) in [5, 5.41) is 3.22. The molecule has 0 bridgehead atoms. The second-order valence-corrected chi connectivity index (χ2v) is 4.19. The van der Waals surface area contributed by atoms with Crippen LogP contribution in [-0.4, -0.2) is 42.8 Å². The van der Waals surface area contributed by atoms with Crippen LogP contribution in [0.25, 0.3) is 0 Å². The van der Waals surface area contributed by atoms with Crippen LogP contribution in [0.2, 0.25) is 0 Å². The third kappa shape index (κ3) is 3.40. The number of rotatable bonds is 4. The van der Waals surface area contributed by atoms with Gasteiger partial charge in [-0.05, 0) is 24.8 Å². The molecule has 1 aromatic rings. The van der Waals surface area contributed by atoms with Crippen LogP contribution in [0.15, 0.2) is 12.3 Å². The minimum absolute atomic E-state index is 0.0782. The van der Waals surface area contributed by atoms with Gasteiger partial charge in [-0.15, -0.1) is 0 Å². The summed E-state index contributed by atoms with van der Waals surface area (Å²) < 4.78 is 9.88. The van der Waals surface area contributed by atoms with Crippen molar-refractivity contribution in [3.8, 4) is 0 Å². The van der Waals surface area contributed by atoms with Gasteiger partial charge in [0.2, 0.25) is 5.82 Å². The molecular weight excluding hydrogens is 234 g/mol. The van der Waals surface area contributed by atoms with Crippen LogP contribution in [0.3, 0.4) is 0 Å². The van der Waals surface area contributed by atoms with E-state index in [0.717, 1.165) is 32.6 Å². The van der Waals surface area contributed by atoms with Gasteiger partial charge >= 0.3 is 5.97 Å². The molecule has 2 rings (SSSR count). The molecule has 0 spiro atoms. The number of ether oxygens (including phenoxy) is 2. The molecule has 1 saturated heterocycles. The molecule has 1 aliphatic rings. The van der Waals surface area contributed by atoms with Gasteiger partial charge in [-0.1, -0.05) is 0 Å². The molecular formula is C12H17N3O3. The van der Waals surface area contributed by atoms with Gasteiger partial charge in [0.05, 0.1) is 7.11 Å². The number of methoxy groups -OCH3 is 1. The molecule has 0 aliphatic carbocycles. The molecule has 0 saturated carbocycles. The van der Waals surface area contributed by atoms with Crippen molar-refractivity contribution < 1.29 is 14.3 Å². The molecule has 0 atom stereocenters. The summed E-state index contributed by atoms with van der Waals surface area (Å²) in [6, 6.07) is 1.74. The van der Waals surface area contributed by atoms with E-state index in [4.69, 9.17) is 4.74 Å². The maximum Gasteiger partial charge on any atom is 0.376 e. The molecule has 1 aliphatic heterocycles. The summed E-state index contributed by atoms with van der Waals surface area (Å²) in [7, 11) is 1.31. The topological polar surface area (TPSA) is 73.3 Å². The van der Waals surface area contributed by atoms with Gasteiger partial charge < -0.3 is 14.8 Å². The van der Waals surface area contributed by atoms with E-state index in [1.165, 1.54) is 7.11 Å². The maximum absolute atomic E-state index is 11.3. The fourth-order valence-electron chi connectivity index (χ4n) is 1.85. The predicted molar refractivity (Wildman–Crippen MR) is 65.4 cm³/mol. The molecule has 1 fully saturated rings. The van der Waals surface area contributed by atoms with Crippen LogP contribution >= 0.6 is 0 Å². The van der Waals surface area contributed by atoms with E-state index >= 15 is 0 Å². The van der Waals surface area contributed by atoms with E-state index in [0.29, 0.717) is 11.7 Å². The summed E-state index contributed by atoms with van der Waals surface area (Å²) >= 11 is 0. The first-order chi connectivity index (χ1) is 8.79. The summed E-state index contributed by atoms with van der Waals surface area (Å²) in [5.74, 6) is 0.798. The first-order valence-electron chi connectivity index (χ1n) is 6.02. The SMILES string of the molecule is COC(=O)c1nccc(NCC2CCOCC2)n1. The van der Waals surface area contributed by atoms with E-state index in [2.05, 4.69) is 20.0 Å². The van der Waals surface area contributed by atoms with Crippen molar-refractivity contribution in [3.63, 3.8) is 0 Å². The maximum atomic E-state index is 11.3. The summed E-state index contributed by atoms with van der Waals surface area (Å²) in [5.41, 5.74) is 0. The quantitative estimate of drug-likeness (QED) is 0.808. The monoisotopic (exact) mass is 251 g/mol. The van der Waals surface area contributed by atoms with Crippen molar-refractivity contribution in [1.29, 1.82) is 0 Å². The first-order valence-corrected chi connectivity index (χ1v) is 6.02. The lowest BCUT2D eigenvalue weighted by atomic mass is 10.0. The summed E-state index contributed by atoms with van der Waals surface area (Å²) in [6.07, 6.45) is 3.66. The minimum Gasteiger partial charge on any atom is -0.463 e. The lowest BCUT2D eigenvalue weighted by Gasteiger charge is -2.22. The zero-order valence-electron chi connectivity index (χ0n) is 10.4. The number of nitrogens with zero attached hydrogens (tertiary/aromatic N) is 2. The predicted octanol–water partition coefficient (Wildman–Crippen LogP) is 1.10. The molecule has 6 heteroatoms. The van der Waals surface area contributed by atoms with Crippen LogP contribution < -0.4 is 5.32 Å². The Balaban J connectivity index is 1.90. The smallest absolute Gasteiger partial charge is 0.376 e. The molecule has 1 aromatic heterocycles. The Hall–Kier alpha value is -1.69. The zero-order valence-corrected chi connectivity index (χ0v) is 10.4. The molecule has 18 heavy (non-hydrogen) atoms. The highest BCUT2D eigenvalue weighted by atomic mass is 16.5. The number of nitrogens with one attached hydrogen (secondary N) is 1. The number of anilines is 1. The van der Waals surface area contributed by atoms with Gasteiger partial charge in [-0.3, -0.25) is 0 Å². The Morgan fingerprint density at radius 3 is 3.06 bits per heavy atom. The van der Waals surface area contributed by atoms with Gasteiger partial charge in [0.1, 0.15) is 5.82 Å². The second kappa shape index (κ2) is 6.30. The first kappa shape index (κ1) is 12.8. The average Bonchev–Trinajstić information content (AvgIpc) is 2.45. The number of carbonyl (C=O) groups is 1. The average molecular weight is 251 g/mol. The van der Waals surface area contributed by atoms with Crippen molar-refractivity contribution in [2.24, 2.45) is 5.92 Å². The molecule has 0 unspecified atom stereocenters. The highest BCUT2D eigenvalue weighted by Gasteiger charge is 2.14. The van der Waals surface area contributed by atoms with E-state index in [1.54, 1.807) is 12.3 Å². The van der Waals surface area contributed by atoms with Gasteiger partial charge in [0, 0.05) is 26.0 Å². The van der Waals surface area contributed by atoms with E-state index in [1.807, 2.05) is 0 Å². The fraction of sp³-hybridized carbons (Fsp3) is 0.583. The minimum atomic E-state index is -0.523. The van der Waals surface area contributed by atoms with Crippen LogP contribution in [-0.2, 0) is 9.47 Å². The van der Waals surface area contributed by atoms with E-state index in [9.17, 15) is 4.79 Å². The Morgan fingerprint density at radius 1 is 1.56 bits per heavy atom.